The Bertz CT molecular complexity index is 399. The largest absolute Gasteiger partial charge is 0.353 e. The number of nitrogens with one attached hydrogen (secondary N) is 1. The Morgan fingerprint density at radius 2 is 1.94 bits per heavy atom. The highest BCUT2D eigenvalue weighted by atomic mass is 79.9. The molecule has 2 rings (SSSR count). The highest BCUT2D eigenvalue weighted by molar-refractivity contribution is 9.10. The van der Waals surface area contributed by atoms with Crippen LogP contribution >= 0.6 is 15.9 Å². The lowest BCUT2D eigenvalue weighted by Crippen LogP contribution is -2.46. The smallest absolute Gasteiger partial charge is 0.222 e. The minimum Gasteiger partial charge on any atom is -0.353 e. The molecule has 92 valence electrons. The molecule has 0 heterocycles. The van der Waals surface area contributed by atoms with Crippen LogP contribution < -0.4 is 5.32 Å². The molecule has 2 atom stereocenters. The lowest BCUT2D eigenvalue weighted by atomic mass is 9.75. The van der Waals surface area contributed by atoms with E-state index in [-0.39, 0.29) is 11.8 Å². The number of amides is 1. The zero-order chi connectivity index (χ0) is 12.4. The normalized spacial score (nSPS) is 23.3. The van der Waals surface area contributed by atoms with Gasteiger partial charge in [-0.1, -0.05) is 41.9 Å². The van der Waals surface area contributed by atoms with Crippen molar-refractivity contribution in [3.63, 3.8) is 0 Å². The number of rotatable bonds is 3. The van der Waals surface area contributed by atoms with E-state index in [1.165, 1.54) is 12.0 Å². The second-order valence-corrected chi connectivity index (χ2v) is 5.92. The van der Waals surface area contributed by atoms with Gasteiger partial charge in [0.1, 0.15) is 0 Å². The van der Waals surface area contributed by atoms with Gasteiger partial charge < -0.3 is 5.32 Å². The summed E-state index contributed by atoms with van der Waals surface area (Å²) in [5, 5.41) is 3.13. The van der Waals surface area contributed by atoms with Gasteiger partial charge in [0.15, 0.2) is 0 Å². The molecule has 1 N–H and O–H groups in total. The van der Waals surface area contributed by atoms with Crippen LogP contribution in [-0.4, -0.2) is 11.9 Å². The van der Waals surface area contributed by atoms with Crippen LogP contribution in [0.2, 0.25) is 0 Å². The van der Waals surface area contributed by atoms with Crippen LogP contribution in [0.25, 0.3) is 0 Å². The quantitative estimate of drug-likeness (QED) is 0.909. The number of carbonyl (C=O) groups is 1. The minimum atomic E-state index is 0.0705. The van der Waals surface area contributed by atoms with E-state index in [9.17, 15) is 4.79 Å². The molecule has 0 radical (unpaired) electrons. The third kappa shape index (κ3) is 2.89. The first-order valence-corrected chi connectivity index (χ1v) is 6.93. The van der Waals surface area contributed by atoms with E-state index in [2.05, 4.69) is 45.5 Å². The molecule has 1 aliphatic rings. The summed E-state index contributed by atoms with van der Waals surface area (Å²) >= 11 is 3.44. The highest BCUT2D eigenvalue weighted by Crippen LogP contribution is 2.37. The molecule has 1 aromatic carbocycles. The van der Waals surface area contributed by atoms with Crippen molar-refractivity contribution in [2.45, 2.75) is 38.6 Å². The number of halogens is 1. The van der Waals surface area contributed by atoms with Gasteiger partial charge in [0.25, 0.3) is 0 Å². The predicted octanol–water partition coefficient (Wildman–Crippen LogP) is 3.47. The molecule has 3 heteroatoms. The van der Waals surface area contributed by atoms with E-state index >= 15 is 0 Å². The fourth-order valence-electron chi connectivity index (χ4n) is 2.13. The Hall–Kier alpha value is -0.830. The fourth-order valence-corrected chi connectivity index (χ4v) is 2.40. The Morgan fingerprint density at radius 3 is 2.41 bits per heavy atom. The molecule has 0 spiro atoms. The summed E-state index contributed by atoms with van der Waals surface area (Å²) < 4.78 is 1.10. The first kappa shape index (κ1) is 12.6. The molecule has 0 bridgehead atoms. The maximum Gasteiger partial charge on any atom is 0.222 e. The molecular weight excluding hydrogens is 278 g/mol. The highest BCUT2D eigenvalue weighted by Gasteiger charge is 2.33. The van der Waals surface area contributed by atoms with Gasteiger partial charge in [0, 0.05) is 22.4 Å². The van der Waals surface area contributed by atoms with Crippen molar-refractivity contribution in [1.82, 2.24) is 5.32 Å². The lowest BCUT2D eigenvalue weighted by molar-refractivity contribution is -0.125. The van der Waals surface area contributed by atoms with Gasteiger partial charge in [-0.3, -0.25) is 4.79 Å². The number of carbonyl (C=O) groups excluding carboxylic acids is 1. The first-order valence-electron chi connectivity index (χ1n) is 6.14. The molecule has 0 aromatic heterocycles. The van der Waals surface area contributed by atoms with Gasteiger partial charge in [-0.25, -0.2) is 0 Å². The topological polar surface area (TPSA) is 29.1 Å². The van der Waals surface area contributed by atoms with Crippen molar-refractivity contribution in [3.8, 4) is 0 Å². The Balaban J connectivity index is 1.99. The second kappa shape index (κ2) is 5.21. The van der Waals surface area contributed by atoms with Crippen molar-refractivity contribution in [3.05, 3.63) is 34.3 Å². The monoisotopic (exact) mass is 295 g/mol. The first-order chi connectivity index (χ1) is 8.08. The summed E-state index contributed by atoms with van der Waals surface area (Å²) in [7, 11) is 0. The minimum absolute atomic E-state index is 0.0705. The number of benzene rings is 1. The van der Waals surface area contributed by atoms with Crippen molar-refractivity contribution in [1.29, 1.82) is 0 Å². The number of hydrogen-bond donors (Lipinski definition) is 1. The zero-order valence-corrected chi connectivity index (χ0v) is 11.8. The molecule has 2 unspecified atom stereocenters. The Labute approximate surface area is 111 Å². The van der Waals surface area contributed by atoms with Crippen LogP contribution in [0.15, 0.2) is 28.7 Å². The summed E-state index contributed by atoms with van der Waals surface area (Å²) in [6.07, 6.45) is 2.27. The lowest BCUT2D eigenvalue weighted by Gasteiger charge is -2.38. The maximum absolute atomic E-state index is 11.7. The molecule has 0 saturated heterocycles. The standard InChI is InChI=1S/C14H18BrNO/c1-9(2)14(17)16-13-8-7-12(13)10-3-5-11(15)6-4-10/h3-6,9,12-13H,7-8H2,1-2H3,(H,16,17). The van der Waals surface area contributed by atoms with Crippen LogP contribution in [0.4, 0.5) is 0 Å². The molecule has 1 aliphatic carbocycles. The fraction of sp³-hybridized carbons (Fsp3) is 0.500. The van der Waals surface area contributed by atoms with Gasteiger partial charge in [-0.05, 0) is 30.5 Å². The average Bonchev–Trinajstić information content (AvgIpc) is 2.27. The molecule has 1 amide bonds. The molecule has 17 heavy (non-hydrogen) atoms. The average molecular weight is 296 g/mol. The van der Waals surface area contributed by atoms with E-state index in [0.717, 1.165) is 10.9 Å². The van der Waals surface area contributed by atoms with Crippen molar-refractivity contribution in [2.75, 3.05) is 0 Å². The van der Waals surface area contributed by atoms with Gasteiger partial charge in [-0.2, -0.15) is 0 Å². The van der Waals surface area contributed by atoms with E-state index in [1.54, 1.807) is 0 Å². The van der Waals surface area contributed by atoms with Crippen LogP contribution in [-0.2, 0) is 4.79 Å². The molecule has 1 saturated carbocycles. The van der Waals surface area contributed by atoms with Crippen LogP contribution in [0, 0.1) is 5.92 Å². The van der Waals surface area contributed by atoms with Crippen LogP contribution in [0.1, 0.15) is 38.2 Å². The summed E-state index contributed by atoms with van der Waals surface area (Å²) in [5.74, 6) is 0.726. The van der Waals surface area contributed by atoms with Crippen molar-refractivity contribution < 1.29 is 4.79 Å². The molecule has 0 aliphatic heterocycles. The third-order valence-electron chi connectivity index (χ3n) is 3.42. The van der Waals surface area contributed by atoms with Crippen molar-refractivity contribution in [2.24, 2.45) is 5.92 Å². The molecular formula is C14H18BrNO. The van der Waals surface area contributed by atoms with E-state index < -0.39 is 0 Å². The van der Waals surface area contributed by atoms with Gasteiger partial charge in [0.2, 0.25) is 5.91 Å². The molecule has 1 fully saturated rings. The Kier molecular flexibility index (Phi) is 3.87. The van der Waals surface area contributed by atoms with Crippen LogP contribution in [0.3, 0.4) is 0 Å². The molecule has 1 aromatic rings. The SMILES string of the molecule is CC(C)C(=O)NC1CCC1c1ccc(Br)cc1. The van der Waals surface area contributed by atoms with E-state index in [0.29, 0.717) is 12.0 Å². The third-order valence-corrected chi connectivity index (χ3v) is 3.95. The zero-order valence-electron chi connectivity index (χ0n) is 10.2. The summed E-state index contributed by atoms with van der Waals surface area (Å²) in [5.41, 5.74) is 1.33. The summed E-state index contributed by atoms with van der Waals surface area (Å²) in [6, 6.07) is 8.74. The van der Waals surface area contributed by atoms with Crippen LogP contribution in [0.5, 0.6) is 0 Å². The van der Waals surface area contributed by atoms with E-state index in [4.69, 9.17) is 0 Å². The molecule has 2 nitrogen and oxygen atoms in total. The number of hydrogen-bond acceptors (Lipinski definition) is 1. The van der Waals surface area contributed by atoms with Gasteiger partial charge in [-0.15, -0.1) is 0 Å². The van der Waals surface area contributed by atoms with Gasteiger partial charge >= 0.3 is 0 Å². The summed E-state index contributed by atoms with van der Waals surface area (Å²) in [4.78, 5) is 11.7. The summed E-state index contributed by atoms with van der Waals surface area (Å²) in [6.45, 7) is 3.87. The predicted molar refractivity (Wildman–Crippen MR) is 72.9 cm³/mol. The van der Waals surface area contributed by atoms with E-state index in [1.807, 2.05) is 13.8 Å². The maximum atomic E-state index is 11.7. The van der Waals surface area contributed by atoms with Crippen molar-refractivity contribution >= 4 is 21.8 Å². The van der Waals surface area contributed by atoms with Gasteiger partial charge in [0.05, 0.1) is 0 Å². The Morgan fingerprint density at radius 1 is 1.29 bits per heavy atom. The second-order valence-electron chi connectivity index (χ2n) is 5.01.